The normalized spacial score (nSPS) is 13.3. The van der Waals surface area contributed by atoms with Crippen molar-refractivity contribution in [1.82, 2.24) is 0 Å². The number of hydrogen-bond acceptors (Lipinski definition) is 3. The van der Waals surface area contributed by atoms with Crippen LogP contribution in [0, 0.1) is 0 Å². The Kier molecular flexibility index (Phi) is 5.13. The van der Waals surface area contributed by atoms with Gasteiger partial charge >= 0.3 is 6.03 Å². The molecule has 1 aliphatic carbocycles. The van der Waals surface area contributed by atoms with Crippen LogP contribution < -0.4 is 10.6 Å². The number of aryl methyl sites for hydroxylation is 1. The number of anilines is 2. The van der Waals surface area contributed by atoms with Gasteiger partial charge in [0.1, 0.15) is 5.00 Å². The van der Waals surface area contributed by atoms with E-state index < -0.39 is 6.03 Å². The number of ketones is 1. The summed E-state index contributed by atoms with van der Waals surface area (Å²) in [5.41, 5.74) is 2.29. The summed E-state index contributed by atoms with van der Waals surface area (Å²) in [4.78, 5) is 25.5. The SMILES string of the molecule is CC(=O)c1c(NC(=O)Nc2ccc(Cl)c(Cl)c2)sc2c1CCCC2. The lowest BCUT2D eigenvalue weighted by molar-refractivity contribution is 0.101. The summed E-state index contributed by atoms with van der Waals surface area (Å²) in [6.07, 6.45) is 4.08. The van der Waals surface area contributed by atoms with Gasteiger partial charge in [-0.15, -0.1) is 11.3 Å². The fraction of sp³-hybridized carbons (Fsp3) is 0.294. The lowest BCUT2D eigenvalue weighted by Gasteiger charge is -2.11. The maximum absolute atomic E-state index is 12.3. The predicted molar refractivity (Wildman–Crippen MR) is 100 cm³/mol. The molecule has 0 fully saturated rings. The molecule has 3 rings (SSSR count). The fourth-order valence-corrected chi connectivity index (χ4v) is 4.50. The van der Waals surface area contributed by atoms with Crippen LogP contribution in [0.1, 0.15) is 40.6 Å². The van der Waals surface area contributed by atoms with Gasteiger partial charge in [0.2, 0.25) is 0 Å². The number of urea groups is 1. The minimum atomic E-state index is -0.408. The summed E-state index contributed by atoms with van der Waals surface area (Å²) in [6, 6.07) is 4.45. The monoisotopic (exact) mass is 382 g/mol. The van der Waals surface area contributed by atoms with Crippen molar-refractivity contribution in [3.63, 3.8) is 0 Å². The van der Waals surface area contributed by atoms with Crippen LogP contribution in [0.4, 0.5) is 15.5 Å². The lowest BCUT2D eigenvalue weighted by atomic mass is 9.94. The Balaban J connectivity index is 1.80. The van der Waals surface area contributed by atoms with Crippen molar-refractivity contribution in [2.24, 2.45) is 0 Å². The van der Waals surface area contributed by atoms with E-state index in [1.54, 1.807) is 25.1 Å². The number of fused-ring (bicyclic) bond motifs is 1. The van der Waals surface area contributed by atoms with Crippen LogP contribution in [0.2, 0.25) is 10.0 Å². The maximum Gasteiger partial charge on any atom is 0.324 e. The van der Waals surface area contributed by atoms with E-state index in [9.17, 15) is 9.59 Å². The molecule has 0 saturated heterocycles. The second-order valence-electron chi connectivity index (χ2n) is 5.68. The zero-order valence-electron chi connectivity index (χ0n) is 13.0. The molecule has 1 aromatic heterocycles. The Morgan fingerprint density at radius 2 is 1.83 bits per heavy atom. The number of thiophene rings is 1. The summed E-state index contributed by atoms with van der Waals surface area (Å²) >= 11 is 13.3. The van der Waals surface area contributed by atoms with E-state index in [1.807, 2.05) is 0 Å². The molecule has 0 unspecified atom stereocenters. The molecular weight excluding hydrogens is 367 g/mol. The van der Waals surface area contributed by atoms with E-state index in [4.69, 9.17) is 23.2 Å². The number of halogens is 2. The van der Waals surface area contributed by atoms with Crippen LogP contribution in [0.5, 0.6) is 0 Å². The number of carbonyl (C=O) groups is 2. The van der Waals surface area contributed by atoms with Crippen LogP contribution >= 0.6 is 34.5 Å². The standard InChI is InChI=1S/C17H16Cl2N2O2S/c1-9(22)15-11-4-2-3-5-14(11)24-16(15)21-17(23)20-10-6-7-12(18)13(19)8-10/h6-8H,2-5H2,1H3,(H2,20,21,23). The lowest BCUT2D eigenvalue weighted by Crippen LogP contribution is -2.20. The van der Waals surface area contributed by atoms with Gasteiger partial charge < -0.3 is 5.32 Å². The quantitative estimate of drug-likeness (QED) is 0.660. The molecule has 2 aromatic rings. The molecule has 4 nitrogen and oxygen atoms in total. The molecule has 0 aliphatic heterocycles. The van der Waals surface area contributed by atoms with Gasteiger partial charge in [0.15, 0.2) is 5.78 Å². The van der Waals surface area contributed by atoms with Gasteiger partial charge in [0.05, 0.1) is 15.6 Å². The van der Waals surface area contributed by atoms with Gasteiger partial charge in [-0.2, -0.15) is 0 Å². The first-order valence-corrected chi connectivity index (χ1v) is 9.21. The summed E-state index contributed by atoms with van der Waals surface area (Å²) < 4.78 is 0. The van der Waals surface area contributed by atoms with Crippen molar-refractivity contribution in [3.8, 4) is 0 Å². The van der Waals surface area contributed by atoms with Crippen LogP contribution in [-0.2, 0) is 12.8 Å². The van der Waals surface area contributed by atoms with Crippen LogP contribution in [0.15, 0.2) is 18.2 Å². The average molecular weight is 383 g/mol. The van der Waals surface area contributed by atoms with Crippen molar-refractivity contribution in [2.75, 3.05) is 10.6 Å². The molecule has 0 saturated carbocycles. The van der Waals surface area contributed by atoms with Gasteiger partial charge in [0.25, 0.3) is 0 Å². The first kappa shape index (κ1) is 17.3. The van der Waals surface area contributed by atoms with Gasteiger partial charge in [-0.05, 0) is 56.4 Å². The summed E-state index contributed by atoms with van der Waals surface area (Å²) in [5, 5.41) is 6.92. The highest BCUT2D eigenvalue weighted by atomic mass is 35.5. The first-order chi connectivity index (χ1) is 11.5. The van der Waals surface area contributed by atoms with E-state index >= 15 is 0 Å². The molecule has 2 amide bonds. The number of carbonyl (C=O) groups excluding carboxylic acids is 2. The van der Waals surface area contributed by atoms with Gasteiger partial charge in [-0.3, -0.25) is 10.1 Å². The Morgan fingerprint density at radius 3 is 2.54 bits per heavy atom. The molecule has 2 N–H and O–H groups in total. The number of benzene rings is 1. The third-order valence-corrected chi connectivity index (χ3v) is 5.87. The third kappa shape index (κ3) is 3.58. The number of Topliss-reactive ketones (excluding diaryl/α,β-unsaturated/α-hetero) is 1. The number of hydrogen-bond donors (Lipinski definition) is 2. The molecule has 0 spiro atoms. The van der Waals surface area contributed by atoms with Crippen molar-refractivity contribution >= 4 is 57.0 Å². The smallest absolute Gasteiger partial charge is 0.308 e. The number of nitrogens with one attached hydrogen (secondary N) is 2. The van der Waals surface area contributed by atoms with Crippen molar-refractivity contribution in [2.45, 2.75) is 32.6 Å². The molecular formula is C17H16Cl2N2O2S. The summed E-state index contributed by atoms with van der Waals surface area (Å²) in [5.74, 6) is -0.0146. The number of rotatable bonds is 3. The molecule has 7 heteroatoms. The molecule has 0 radical (unpaired) electrons. The highest BCUT2D eigenvalue weighted by Crippen LogP contribution is 2.38. The molecule has 0 bridgehead atoms. The molecule has 0 atom stereocenters. The molecule has 1 heterocycles. The second-order valence-corrected chi connectivity index (χ2v) is 7.60. The molecule has 24 heavy (non-hydrogen) atoms. The average Bonchev–Trinajstić information content (AvgIpc) is 2.88. The van der Waals surface area contributed by atoms with E-state index in [-0.39, 0.29) is 5.78 Å². The Hall–Kier alpha value is -1.56. The van der Waals surface area contributed by atoms with Crippen molar-refractivity contribution in [3.05, 3.63) is 44.2 Å². The Bertz CT molecular complexity index is 817. The zero-order chi connectivity index (χ0) is 17.3. The first-order valence-electron chi connectivity index (χ1n) is 7.64. The van der Waals surface area contributed by atoms with Crippen molar-refractivity contribution in [1.29, 1.82) is 0 Å². The largest absolute Gasteiger partial charge is 0.324 e. The topological polar surface area (TPSA) is 58.2 Å². The van der Waals surface area contributed by atoms with Gasteiger partial charge in [-0.1, -0.05) is 23.2 Å². The van der Waals surface area contributed by atoms with Crippen LogP contribution in [0.25, 0.3) is 0 Å². The number of amides is 2. The van der Waals surface area contributed by atoms with Crippen molar-refractivity contribution < 1.29 is 9.59 Å². The minimum absolute atomic E-state index is 0.0146. The minimum Gasteiger partial charge on any atom is -0.308 e. The molecule has 126 valence electrons. The van der Waals surface area contributed by atoms with E-state index in [2.05, 4.69) is 10.6 Å². The molecule has 1 aromatic carbocycles. The fourth-order valence-electron chi connectivity index (χ4n) is 2.87. The molecule has 1 aliphatic rings. The third-order valence-electron chi connectivity index (χ3n) is 3.93. The van der Waals surface area contributed by atoms with E-state index in [1.165, 1.54) is 16.2 Å². The summed E-state index contributed by atoms with van der Waals surface area (Å²) in [6.45, 7) is 1.54. The predicted octanol–water partition coefficient (Wildman–Crippen LogP) is 5.78. The maximum atomic E-state index is 12.3. The van der Waals surface area contributed by atoms with Gasteiger partial charge in [-0.25, -0.2) is 4.79 Å². The summed E-state index contributed by atoms with van der Waals surface area (Å²) in [7, 11) is 0. The Labute approximate surface area is 154 Å². The Morgan fingerprint density at radius 1 is 1.08 bits per heavy atom. The van der Waals surface area contributed by atoms with E-state index in [0.29, 0.717) is 26.3 Å². The van der Waals surface area contributed by atoms with Gasteiger partial charge in [0, 0.05) is 10.6 Å². The highest BCUT2D eigenvalue weighted by molar-refractivity contribution is 7.17. The highest BCUT2D eigenvalue weighted by Gasteiger charge is 2.24. The van der Waals surface area contributed by atoms with Crippen LogP contribution in [0.3, 0.4) is 0 Å². The van der Waals surface area contributed by atoms with E-state index in [0.717, 1.165) is 31.2 Å². The zero-order valence-corrected chi connectivity index (χ0v) is 15.4. The second kappa shape index (κ2) is 7.13. The van der Waals surface area contributed by atoms with Crippen LogP contribution in [-0.4, -0.2) is 11.8 Å².